The lowest BCUT2D eigenvalue weighted by molar-refractivity contribution is -0.151. The summed E-state index contributed by atoms with van der Waals surface area (Å²) in [5.74, 6) is -1.01. The third kappa shape index (κ3) is 1.76. The monoisotopic (exact) mass is 284 g/mol. The van der Waals surface area contributed by atoms with Crippen molar-refractivity contribution in [2.45, 2.75) is 12.7 Å². The van der Waals surface area contributed by atoms with Crippen molar-refractivity contribution in [2.24, 2.45) is 0 Å². The van der Waals surface area contributed by atoms with Crippen LogP contribution in [-0.4, -0.2) is 25.0 Å². The lowest BCUT2D eigenvalue weighted by atomic mass is 9.98. The molecule has 1 aromatic carbocycles. The van der Waals surface area contributed by atoms with Crippen molar-refractivity contribution in [3.05, 3.63) is 33.8 Å². The SMILES string of the molecule is COC(=O)C1OCc2c(Br)cccc2C1=O. The van der Waals surface area contributed by atoms with Gasteiger partial charge >= 0.3 is 5.97 Å². The molecule has 0 fully saturated rings. The normalized spacial score (nSPS) is 19.1. The van der Waals surface area contributed by atoms with Crippen molar-refractivity contribution in [3.63, 3.8) is 0 Å². The number of Topliss-reactive ketones (excluding diaryl/α,β-unsaturated/α-hetero) is 1. The van der Waals surface area contributed by atoms with Crippen molar-refractivity contribution in [1.29, 1.82) is 0 Å². The van der Waals surface area contributed by atoms with Crippen LogP contribution in [0.1, 0.15) is 15.9 Å². The van der Waals surface area contributed by atoms with Gasteiger partial charge in [0.25, 0.3) is 0 Å². The number of benzene rings is 1. The highest BCUT2D eigenvalue weighted by molar-refractivity contribution is 9.10. The molecule has 0 saturated heterocycles. The van der Waals surface area contributed by atoms with Crippen molar-refractivity contribution < 1.29 is 19.1 Å². The molecule has 4 nitrogen and oxygen atoms in total. The minimum atomic E-state index is -1.13. The minimum absolute atomic E-state index is 0.224. The quantitative estimate of drug-likeness (QED) is 0.582. The van der Waals surface area contributed by atoms with Crippen molar-refractivity contribution in [1.82, 2.24) is 0 Å². The highest BCUT2D eigenvalue weighted by Crippen LogP contribution is 2.27. The number of hydrogen-bond acceptors (Lipinski definition) is 4. The van der Waals surface area contributed by atoms with E-state index in [1.165, 1.54) is 7.11 Å². The Balaban J connectivity index is 2.40. The van der Waals surface area contributed by atoms with Gasteiger partial charge in [-0.2, -0.15) is 0 Å². The predicted octanol–water partition coefficient (Wildman–Crippen LogP) is 1.70. The number of esters is 1. The molecule has 0 N–H and O–H groups in total. The molecule has 0 amide bonds. The molecule has 5 heteroatoms. The molecule has 1 aliphatic rings. The lowest BCUT2D eigenvalue weighted by Gasteiger charge is -2.22. The van der Waals surface area contributed by atoms with Crippen molar-refractivity contribution in [2.75, 3.05) is 7.11 Å². The van der Waals surface area contributed by atoms with Crippen LogP contribution >= 0.6 is 15.9 Å². The average Bonchev–Trinajstić information content (AvgIpc) is 2.30. The second kappa shape index (κ2) is 4.35. The summed E-state index contributed by atoms with van der Waals surface area (Å²) in [6.07, 6.45) is -1.13. The Kier molecular flexibility index (Phi) is 3.07. The van der Waals surface area contributed by atoms with Crippen LogP contribution < -0.4 is 0 Å². The topological polar surface area (TPSA) is 52.6 Å². The zero-order valence-electron chi connectivity index (χ0n) is 8.53. The first-order valence-corrected chi connectivity index (χ1v) is 5.45. The van der Waals surface area contributed by atoms with Crippen LogP contribution in [-0.2, 0) is 20.9 Å². The smallest absolute Gasteiger partial charge is 0.343 e. The molecular weight excluding hydrogens is 276 g/mol. The molecule has 16 heavy (non-hydrogen) atoms. The van der Waals surface area contributed by atoms with E-state index in [1.54, 1.807) is 12.1 Å². The number of hydrogen-bond donors (Lipinski definition) is 0. The van der Waals surface area contributed by atoms with E-state index in [-0.39, 0.29) is 12.4 Å². The zero-order valence-corrected chi connectivity index (χ0v) is 10.1. The van der Waals surface area contributed by atoms with Gasteiger partial charge in [-0.1, -0.05) is 28.1 Å². The van der Waals surface area contributed by atoms with Gasteiger partial charge in [-0.25, -0.2) is 4.79 Å². The Morgan fingerprint density at radius 3 is 3.00 bits per heavy atom. The summed E-state index contributed by atoms with van der Waals surface area (Å²) in [5.41, 5.74) is 1.28. The van der Waals surface area contributed by atoms with Crippen molar-refractivity contribution >= 4 is 27.7 Å². The van der Waals surface area contributed by atoms with Gasteiger partial charge in [0.2, 0.25) is 11.9 Å². The molecule has 1 aliphatic heterocycles. The fraction of sp³-hybridized carbons (Fsp3) is 0.273. The van der Waals surface area contributed by atoms with Gasteiger partial charge in [-0.05, 0) is 6.07 Å². The Morgan fingerprint density at radius 2 is 2.31 bits per heavy atom. The molecule has 1 aromatic rings. The molecule has 0 aromatic heterocycles. The first kappa shape index (κ1) is 11.3. The van der Waals surface area contributed by atoms with Crippen LogP contribution in [0.5, 0.6) is 0 Å². The molecule has 1 unspecified atom stereocenters. The first-order chi connectivity index (χ1) is 7.65. The van der Waals surface area contributed by atoms with E-state index in [2.05, 4.69) is 20.7 Å². The van der Waals surface area contributed by atoms with Crippen LogP contribution in [0, 0.1) is 0 Å². The second-order valence-corrected chi connectivity index (χ2v) is 4.20. The van der Waals surface area contributed by atoms with Crippen LogP contribution in [0.3, 0.4) is 0 Å². The summed E-state index contributed by atoms with van der Waals surface area (Å²) in [6, 6.07) is 5.26. The van der Waals surface area contributed by atoms with E-state index < -0.39 is 12.1 Å². The number of carbonyl (C=O) groups is 2. The summed E-state index contributed by atoms with van der Waals surface area (Å²) < 4.78 is 10.5. The van der Waals surface area contributed by atoms with Gasteiger partial charge in [0.05, 0.1) is 13.7 Å². The minimum Gasteiger partial charge on any atom is -0.467 e. The maximum Gasteiger partial charge on any atom is 0.343 e. The van der Waals surface area contributed by atoms with E-state index in [0.29, 0.717) is 5.56 Å². The summed E-state index contributed by atoms with van der Waals surface area (Å²) in [5, 5.41) is 0. The zero-order chi connectivity index (χ0) is 11.7. The molecule has 84 valence electrons. The predicted molar refractivity (Wildman–Crippen MR) is 59.1 cm³/mol. The third-order valence-electron chi connectivity index (χ3n) is 2.43. The first-order valence-electron chi connectivity index (χ1n) is 4.66. The van der Waals surface area contributed by atoms with Gasteiger partial charge in [-0.15, -0.1) is 0 Å². The van der Waals surface area contributed by atoms with Gasteiger partial charge < -0.3 is 9.47 Å². The number of halogens is 1. The number of ketones is 1. The maximum absolute atomic E-state index is 11.9. The van der Waals surface area contributed by atoms with Gasteiger partial charge in [0.15, 0.2) is 0 Å². The number of rotatable bonds is 1. The Bertz CT molecular complexity index is 455. The average molecular weight is 285 g/mol. The molecule has 1 heterocycles. The van der Waals surface area contributed by atoms with E-state index in [1.807, 2.05) is 6.07 Å². The van der Waals surface area contributed by atoms with Gasteiger partial charge in [-0.3, -0.25) is 4.79 Å². The third-order valence-corrected chi connectivity index (χ3v) is 3.17. The lowest BCUT2D eigenvalue weighted by Crippen LogP contribution is -2.37. The number of methoxy groups -OCH3 is 1. The molecular formula is C11H9BrO4. The van der Waals surface area contributed by atoms with Gasteiger partial charge in [0.1, 0.15) is 0 Å². The van der Waals surface area contributed by atoms with Crippen molar-refractivity contribution in [3.8, 4) is 0 Å². The molecule has 0 spiro atoms. The Hall–Kier alpha value is -1.20. The van der Waals surface area contributed by atoms with E-state index in [9.17, 15) is 9.59 Å². The number of fused-ring (bicyclic) bond motifs is 1. The summed E-state index contributed by atoms with van der Waals surface area (Å²) in [6.45, 7) is 0.224. The molecule has 0 aliphatic carbocycles. The Labute approximate surface area is 101 Å². The van der Waals surface area contributed by atoms with Crippen LogP contribution in [0.2, 0.25) is 0 Å². The number of carbonyl (C=O) groups excluding carboxylic acids is 2. The summed E-state index contributed by atoms with van der Waals surface area (Å²) >= 11 is 3.34. The van der Waals surface area contributed by atoms with E-state index in [0.717, 1.165) is 10.0 Å². The largest absolute Gasteiger partial charge is 0.467 e. The van der Waals surface area contributed by atoms with Crippen LogP contribution in [0.25, 0.3) is 0 Å². The van der Waals surface area contributed by atoms with Gasteiger partial charge in [0, 0.05) is 15.6 Å². The standard InChI is InChI=1S/C11H9BrO4/c1-15-11(14)10-9(13)6-3-2-4-8(12)7(6)5-16-10/h2-4,10H,5H2,1H3. The molecule has 0 radical (unpaired) electrons. The fourth-order valence-electron chi connectivity index (χ4n) is 1.60. The number of ether oxygens (including phenoxy) is 2. The summed E-state index contributed by atoms with van der Waals surface area (Å²) in [7, 11) is 1.23. The van der Waals surface area contributed by atoms with E-state index in [4.69, 9.17) is 4.74 Å². The molecule has 0 bridgehead atoms. The maximum atomic E-state index is 11.9. The molecule has 2 rings (SSSR count). The Morgan fingerprint density at radius 1 is 1.56 bits per heavy atom. The van der Waals surface area contributed by atoms with E-state index >= 15 is 0 Å². The molecule has 1 atom stereocenters. The van der Waals surface area contributed by atoms with Crippen LogP contribution in [0.15, 0.2) is 22.7 Å². The second-order valence-electron chi connectivity index (χ2n) is 3.34. The molecule has 0 saturated carbocycles. The van der Waals surface area contributed by atoms with Crippen LogP contribution in [0.4, 0.5) is 0 Å². The summed E-state index contributed by atoms with van der Waals surface area (Å²) in [4.78, 5) is 23.2. The highest BCUT2D eigenvalue weighted by atomic mass is 79.9. The fourth-order valence-corrected chi connectivity index (χ4v) is 2.08. The highest BCUT2D eigenvalue weighted by Gasteiger charge is 2.35.